The smallest absolute Gasteiger partial charge is 0.234 e. The summed E-state index contributed by atoms with van der Waals surface area (Å²) >= 11 is 0. The molecule has 224 valence electrons. The zero-order valence-electron chi connectivity index (χ0n) is 24.1. The summed E-state index contributed by atoms with van der Waals surface area (Å²) in [4.78, 5) is 57.0. The predicted octanol–water partition coefficient (Wildman–Crippen LogP) is -1.63. The minimum atomic E-state index is -2.72. The molecule has 3 aliphatic rings. The van der Waals surface area contributed by atoms with Crippen LogP contribution in [0.2, 0.25) is 0 Å². The normalized spacial score (nSPS) is 29.3. The van der Waals surface area contributed by atoms with Crippen molar-refractivity contribution in [2.75, 3.05) is 53.7 Å². The number of hydrogen-bond acceptors (Lipinski definition) is 11. The highest BCUT2D eigenvalue weighted by Gasteiger charge is 2.67. The lowest BCUT2D eigenvalue weighted by molar-refractivity contribution is -0.184. The molecule has 2 fully saturated rings. The van der Waals surface area contributed by atoms with E-state index in [1.807, 2.05) is 0 Å². The van der Waals surface area contributed by atoms with Gasteiger partial charge < -0.3 is 46.2 Å². The quantitative estimate of drug-likeness (QED) is 0.205. The van der Waals surface area contributed by atoms with Crippen LogP contribution >= 0.6 is 0 Å². The van der Waals surface area contributed by atoms with Crippen LogP contribution in [0, 0.1) is 17.8 Å². The molecule has 1 aromatic rings. The molecule has 41 heavy (non-hydrogen) atoms. The van der Waals surface area contributed by atoms with Crippen LogP contribution in [0.15, 0.2) is 11.6 Å². The molecule has 0 aliphatic heterocycles. The molecular weight excluding hydrogens is 534 g/mol. The zero-order chi connectivity index (χ0) is 30.7. The molecule has 13 nitrogen and oxygen atoms in total. The number of carbonyl (C=O) groups is 4. The molecule has 6 atom stereocenters. The number of nitrogens with two attached hydrogens (primary N) is 1. The van der Waals surface area contributed by atoms with Gasteiger partial charge in [0.25, 0.3) is 0 Å². The monoisotopic (exact) mass is 573 g/mol. The molecule has 0 heterocycles. The maximum atomic E-state index is 14.0. The van der Waals surface area contributed by atoms with Gasteiger partial charge in [-0.3, -0.25) is 19.2 Å². The third-order valence-electron chi connectivity index (χ3n) is 8.56. The molecule has 0 aromatic heterocycles. The summed E-state index contributed by atoms with van der Waals surface area (Å²) in [7, 11) is 10.3. The van der Waals surface area contributed by atoms with Gasteiger partial charge in [-0.15, -0.1) is 0 Å². The lowest BCUT2D eigenvalue weighted by Gasteiger charge is -2.53. The summed E-state index contributed by atoms with van der Waals surface area (Å²) in [5.74, 6) is -8.22. The highest BCUT2D eigenvalue weighted by molar-refractivity contribution is 6.25. The molecule has 3 aliphatic carbocycles. The molecule has 0 bridgehead atoms. The number of primary amides is 1. The van der Waals surface area contributed by atoms with Crippen molar-refractivity contribution in [1.29, 1.82) is 0 Å². The maximum absolute atomic E-state index is 14.0. The molecule has 2 amide bonds. The Morgan fingerprint density at radius 1 is 1.12 bits per heavy atom. The van der Waals surface area contributed by atoms with E-state index in [-0.39, 0.29) is 48.7 Å². The Hall–Kier alpha value is -3.52. The molecule has 13 heteroatoms. The number of carbonyl (C=O) groups excluding carboxylic acids is 4. The first-order chi connectivity index (χ1) is 19.0. The molecular formula is C28H39N5O8. The Bertz CT molecular complexity index is 1340. The van der Waals surface area contributed by atoms with Gasteiger partial charge in [-0.25, -0.2) is 0 Å². The highest BCUT2D eigenvalue weighted by Crippen LogP contribution is 2.53. The number of nitrogens with zero attached hydrogens (tertiary/aromatic N) is 3. The zero-order valence-corrected chi connectivity index (χ0v) is 24.1. The number of nitrogens with one attached hydrogen (secondary N) is 1. The van der Waals surface area contributed by atoms with E-state index in [0.29, 0.717) is 16.8 Å². The van der Waals surface area contributed by atoms with E-state index in [4.69, 9.17) is 5.73 Å². The van der Waals surface area contributed by atoms with Gasteiger partial charge >= 0.3 is 0 Å². The van der Waals surface area contributed by atoms with E-state index >= 15 is 0 Å². The van der Waals surface area contributed by atoms with Crippen molar-refractivity contribution in [1.82, 2.24) is 15.1 Å². The van der Waals surface area contributed by atoms with Gasteiger partial charge in [0, 0.05) is 49.4 Å². The van der Waals surface area contributed by atoms with E-state index in [9.17, 15) is 39.6 Å². The van der Waals surface area contributed by atoms with Gasteiger partial charge in [-0.2, -0.15) is 0 Å². The highest BCUT2D eigenvalue weighted by atomic mass is 16.3. The van der Waals surface area contributed by atoms with E-state index in [0.717, 1.165) is 0 Å². The Labute approximate surface area is 238 Å². The van der Waals surface area contributed by atoms with Gasteiger partial charge in [0.1, 0.15) is 17.4 Å². The van der Waals surface area contributed by atoms with Crippen molar-refractivity contribution in [3.05, 3.63) is 28.3 Å². The number of aliphatic hydroxyl groups excluding tert-OH is 2. The van der Waals surface area contributed by atoms with Crippen LogP contribution in [0.4, 0.5) is 5.69 Å². The van der Waals surface area contributed by atoms with Crippen LogP contribution in [0.1, 0.15) is 23.1 Å². The molecule has 0 spiro atoms. The number of fused-ring (bicyclic) bond motifs is 3. The number of ketones is 2. The number of aliphatic hydroxyl groups is 3. The first-order valence-corrected chi connectivity index (χ1v) is 13.4. The van der Waals surface area contributed by atoms with E-state index in [1.165, 1.54) is 0 Å². The fourth-order valence-corrected chi connectivity index (χ4v) is 6.78. The van der Waals surface area contributed by atoms with Crippen molar-refractivity contribution < 1.29 is 39.6 Å². The number of amides is 2. The number of rotatable bonds is 7. The molecule has 7 N–H and O–H groups in total. The van der Waals surface area contributed by atoms with Crippen LogP contribution < -0.4 is 16.0 Å². The predicted molar refractivity (Wildman–Crippen MR) is 149 cm³/mol. The molecule has 0 saturated heterocycles. The standard InChI is InChI=1S/C28H39N5O8/c1-31(2)11-17(34)30-10-13-9-16(32(3)4)14-7-12-8-15-21(33(5)6)24(37)20(27(29)40)26(39)28(15,41)25(38)18(12)23(36)19(14)22(13)35/h9,12,15,20-21,24,35-37,41H,7-8,10-11H2,1-6H3,(H2,29,40)(H,30,34)/t12-,15-,20?,21?,24?,28-/m1/s1. The average molecular weight is 574 g/mol. The summed E-state index contributed by atoms with van der Waals surface area (Å²) in [6.07, 6.45) is -1.33. The molecule has 3 unspecified atom stereocenters. The Balaban J connectivity index is 1.86. The van der Waals surface area contributed by atoms with E-state index in [1.54, 1.807) is 63.1 Å². The van der Waals surface area contributed by atoms with E-state index < -0.39 is 58.7 Å². The maximum Gasteiger partial charge on any atom is 0.234 e. The second-order valence-electron chi connectivity index (χ2n) is 12.0. The minimum absolute atomic E-state index is 0.0198. The number of hydrogen-bond donors (Lipinski definition) is 6. The lowest BCUT2D eigenvalue weighted by atomic mass is 9.54. The number of Topliss-reactive ketones (excluding diaryl/α,β-unsaturated/α-hetero) is 2. The van der Waals surface area contributed by atoms with Crippen LogP contribution in [-0.4, -0.2) is 120 Å². The summed E-state index contributed by atoms with van der Waals surface area (Å²) < 4.78 is 0. The molecule has 4 rings (SSSR count). The van der Waals surface area contributed by atoms with Crippen LogP contribution in [0.5, 0.6) is 5.75 Å². The third kappa shape index (κ3) is 4.76. The Kier molecular flexibility index (Phi) is 7.95. The van der Waals surface area contributed by atoms with Crippen molar-refractivity contribution in [3.8, 4) is 5.75 Å². The minimum Gasteiger partial charge on any atom is -0.507 e. The van der Waals surface area contributed by atoms with Crippen LogP contribution in [-0.2, 0) is 32.1 Å². The number of benzene rings is 1. The van der Waals surface area contributed by atoms with Crippen molar-refractivity contribution in [3.63, 3.8) is 0 Å². The fourth-order valence-electron chi connectivity index (χ4n) is 6.78. The first kappa shape index (κ1) is 30.4. The van der Waals surface area contributed by atoms with Crippen molar-refractivity contribution in [2.24, 2.45) is 23.5 Å². The van der Waals surface area contributed by atoms with Gasteiger partial charge in [-0.1, -0.05) is 0 Å². The largest absolute Gasteiger partial charge is 0.507 e. The van der Waals surface area contributed by atoms with E-state index in [2.05, 4.69) is 5.32 Å². The molecule has 1 aromatic carbocycles. The lowest BCUT2D eigenvalue weighted by Crippen LogP contribution is -2.73. The molecule has 0 radical (unpaired) electrons. The number of likely N-dealkylation sites (N-methyl/N-ethyl adjacent to an activating group) is 2. The van der Waals surface area contributed by atoms with Crippen LogP contribution in [0.3, 0.4) is 0 Å². The number of phenolic OH excluding ortho intramolecular Hbond substituents is 1. The number of anilines is 1. The number of phenols is 1. The van der Waals surface area contributed by atoms with Gasteiger partial charge in [-0.05, 0) is 58.6 Å². The van der Waals surface area contributed by atoms with Gasteiger partial charge in [0.05, 0.1) is 18.2 Å². The fraction of sp³-hybridized carbons (Fsp3) is 0.571. The average Bonchev–Trinajstić information content (AvgIpc) is 2.84. The van der Waals surface area contributed by atoms with Crippen molar-refractivity contribution in [2.45, 2.75) is 37.1 Å². The van der Waals surface area contributed by atoms with Crippen molar-refractivity contribution >= 4 is 34.8 Å². The summed E-state index contributed by atoms with van der Waals surface area (Å²) in [5.41, 5.74) is 3.95. The topological polar surface area (TPSA) is 197 Å². The second kappa shape index (κ2) is 10.7. The second-order valence-corrected chi connectivity index (χ2v) is 12.0. The summed E-state index contributed by atoms with van der Waals surface area (Å²) in [6.45, 7) is 0.0697. The first-order valence-electron chi connectivity index (χ1n) is 13.4. The number of aromatic hydroxyl groups is 1. The Morgan fingerprint density at radius 2 is 1.76 bits per heavy atom. The molecule has 2 saturated carbocycles. The van der Waals surface area contributed by atoms with Crippen LogP contribution in [0.25, 0.3) is 5.76 Å². The third-order valence-corrected chi connectivity index (χ3v) is 8.56. The van der Waals surface area contributed by atoms with Gasteiger partial charge in [0.15, 0.2) is 11.4 Å². The summed E-state index contributed by atoms with van der Waals surface area (Å²) in [5, 5.41) is 48.3. The summed E-state index contributed by atoms with van der Waals surface area (Å²) in [6, 6.07) is 0.747. The van der Waals surface area contributed by atoms with Gasteiger partial charge in [0.2, 0.25) is 17.6 Å². The SMILES string of the molecule is CN(C)CC(=O)NCc1cc(N(C)C)c2c(c1O)C(O)=C1C(=O)[C@@]3(O)C(=O)C(C(N)=O)C(O)C(N(C)C)[C@H]3C[C@H]1C2. The Morgan fingerprint density at radius 3 is 2.29 bits per heavy atom.